The first-order valence-electron chi connectivity index (χ1n) is 8.39. The van der Waals surface area contributed by atoms with Gasteiger partial charge in [0, 0.05) is 29.6 Å². The first-order chi connectivity index (χ1) is 13.2. The maximum absolute atomic E-state index is 12.9. The Morgan fingerprint density at radius 3 is 2.57 bits per heavy atom. The predicted octanol–water partition coefficient (Wildman–Crippen LogP) is 3.29. The van der Waals surface area contributed by atoms with Crippen LogP contribution in [-0.2, 0) is 20.4 Å². The molecule has 0 radical (unpaired) electrons. The van der Waals surface area contributed by atoms with Crippen LogP contribution in [0.4, 0.5) is 5.69 Å². The van der Waals surface area contributed by atoms with Crippen molar-refractivity contribution >= 4 is 44.3 Å². The normalized spacial score (nSPS) is 13.8. The molecule has 3 aromatic rings. The minimum Gasteiger partial charge on any atom is -0.378 e. The van der Waals surface area contributed by atoms with Gasteiger partial charge in [0.15, 0.2) is 0 Å². The van der Waals surface area contributed by atoms with E-state index in [0.29, 0.717) is 21.7 Å². The molecule has 0 aliphatic rings. The lowest BCUT2D eigenvalue weighted by Gasteiger charge is -2.27. The van der Waals surface area contributed by atoms with Crippen LogP contribution in [0.15, 0.2) is 57.4 Å². The number of rotatable bonds is 7. The third-order valence-corrected chi connectivity index (χ3v) is 7.50. The average Bonchev–Trinajstić information content (AvgIpc) is 3.33. The molecule has 0 spiro atoms. The maximum Gasteiger partial charge on any atom is 0.240 e. The smallest absolute Gasteiger partial charge is 0.240 e. The van der Waals surface area contributed by atoms with Crippen LogP contribution in [0.25, 0.3) is 0 Å². The fourth-order valence-corrected chi connectivity index (χ4v) is 5.71. The highest BCUT2D eigenvalue weighted by Gasteiger charge is 2.35. The SMILES string of the molecule is CC(=O)Nc1ccc(S(=O)(=O)NCC(O)(c2ccsc2)c2cccs2)c(C)c1. The molecule has 1 atom stereocenters. The molecule has 2 aromatic heterocycles. The summed E-state index contributed by atoms with van der Waals surface area (Å²) in [5.41, 5.74) is 0.206. The second kappa shape index (κ2) is 8.14. The lowest BCUT2D eigenvalue weighted by atomic mass is 9.95. The molecule has 0 aliphatic heterocycles. The molecule has 0 aliphatic carbocycles. The summed E-state index contributed by atoms with van der Waals surface area (Å²) in [5.74, 6) is -0.232. The van der Waals surface area contributed by atoms with Crippen molar-refractivity contribution in [1.82, 2.24) is 4.72 Å². The highest BCUT2D eigenvalue weighted by Crippen LogP contribution is 2.34. The first kappa shape index (κ1) is 20.7. The molecule has 9 heteroatoms. The first-order valence-corrected chi connectivity index (χ1v) is 11.7. The summed E-state index contributed by atoms with van der Waals surface area (Å²) in [6.45, 7) is 2.85. The van der Waals surface area contributed by atoms with Gasteiger partial charge in [-0.2, -0.15) is 11.3 Å². The van der Waals surface area contributed by atoms with Gasteiger partial charge in [-0.15, -0.1) is 11.3 Å². The van der Waals surface area contributed by atoms with E-state index in [1.807, 2.05) is 22.2 Å². The molecule has 148 valence electrons. The van der Waals surface area contributed by atoms with Gasteiger partial charge >= 0.3 is 0 Å². The molecular weight excluding hydrogens is 416 g/mol. The summed E-state index contributed by atoms with van der Waals surface area (Å²) in [6, 6.07) is 9.96. The van der Waals surface area contributed by atoms with Crippen molar-refractivity contribution in [3.8, 4) is 0 Å². The summed E-state index contributed by atoms with van der Waals surface area (Å²) in [4.78, 5) is 11.9. The number of carbonyl (C=O) groups is 1. The molecule has 1 aromatic carbocycles. The van der Waals surface area contributed by atoms with Crippen molar-refractivity contribution in [3.05, 3.63) is 68.5 Å². The minimum absolute atomic E-state index is 0.0976. The lowest BCUT2D eigenvalue weighted by molar-refractivity contribution is -0.114. The van der Waals surface area contributed by atoms with E-state index < -0.39 is 15.6 Å². The number of amides is 1. The highest BCUT2D eigenvalue weighted by molar-refractivity contribution is 7.89. The number of sulfonamides is 1. The van der Waals surface area contributed by atoms with Crippen LogP contribution in [0.2, 0.25) is 0 Å². The molecule has 3 N–H and O–H groups in total. The van der Waals surface area contributed by atoms with E-state index in [9.17, 15) is 18.3 Å². The van der Waals surface area contributed by atoms with Gasteiger partial charge in [0.05, 0.1) is 4.90 Å². The van der Waals surface area contributed by atoms with E-state index in [2.05, 4.69) is 10.0 Å². The standard InChI is InChI=1S/C19H20N2O4S3/c1-13-10-16(21-14(2)22)5-6-17(13)28(24,25)20-12-19(23,15-7-9-26-11-15)18-4-3-8-27-18/h3-11,20,23H,12H2,1-2H3,(H,21,22). The average molecular weight is 437 g/mol. The van der Waals surface area contributed by atoms with E-state index in [0.717, 1.165) is 0 Å². The molecule has 0 saturated carbocycles. The number of hydrogen-bond acceptors (Lipinski definition) is 6. The van der Waals surface area contributed by atoms with E-state index in [1.165, 1.54) is 41.7 Å². The minimum atomic E-state index is -3.87. The van der Waals surface area contributed by atoms with E-state index in [-0.39, 0.29) is 17.3 Å². The van der Waals surface area contributed by atoms with Gasteiger partial charge in [-0.3, -0.25) is 4.79 Å². The Labute approximate surface area is 171 Å². The third-order valence-electron chi connectivity index (χ3n) is 4.23. The largest absolute Gasteiger partial charge is 0.378 e. The molecule has 2 heterocycles. The van der Waals surface area contributed by atoms with Gasteiger partial charge in [-0.25, -0.2) is 13.1 Å². The topological polar surface area (TPSA) is 95.5 Å². The Kier molecular flexibility index (Phi) is 6.01. The van der Waals surface area contributed by atoms with Crippen LogP contribution in [-0.4, -0.2) is 26.0 Å². The second-order valence-electron chi connectivity index (χ2n) is 6.34. The van der Waals surface area contributed by atoms with Crippen LogP contribution >= 0.6 is 22.7 Å². The number of aliphatic hydroxyl groups is 1. The fraction of sp³-hybridized carbons (Fsp3) is 0.211. The number of nitrogens with one attached hydrogen (secondary N) is 2. The van der Waals surface area contributed by atoms with Crippen LogP contribution < -0.4 is 10.0 Å². The van der Waals surface area contributed by atoms with Crippen molar-refractivity contribution in [3.63, 3.8) is 0 Å². The summed E-state index contributed by atoms with van der Waals surface area (Å²) < 4.78 is 28.3. The summed E-state index contributed by atoms with van der Waals surface area (Å²) >= 11 is 2.80. The van der Waals surface area contributed by atoms with E-state index in [4.69, 9.17) is 0 Å². The summed E-state index contributed by atoms with van der Waals surface area (Å²) in [5, 5.41) is 19.4. The zero-order valence-electron chi connectivity index (χ0n) is 15.3. The lowest BCUT2D eigenvalue weighted by Crippen LogP contribution is -2.41. The van der Waals surface area contributed by atoms with Crippen LogP contribution in [0, 0.1) is 6.92 Å². The monoisotopic (exact) mass is 436 g/mol. The second-order valence-corrected chi connectivity index (χ2v) is 9.80. The Morgan fingerprint density at radius 1 is 1.21 bits per heavy atom. The fourth-order valence-electron chi connectivity index (χ4n) is 2.85. The molecule has 0 saturated heterocycles. The van der Waals surface area contributed by atoms with Crippen LogP contribution in [0.3, 0.4) is 0 Å². The van der Waals surface area contributed by atoms with Crippen molar-refractivity contribution in [1.29, 1.82) is 0 Å². The quantitative estimate of drug-likeness (QED) is 0.530. The Balaban J connectivity index is 1.87. The van der Waals surface area contributed by atoms with E-state index >= 15 is 0 Å². The molecule has 1 amide bonds. The van der Waals surface area contributed by atoms with Gasteiger partial charge in [0.1, 0.15) is 5.60 Å². The zero-order chi connectivity index (χ0) is 20.4. The predicted molar refractivity (Wildman–Crippen MR) is 112 cm³/mol. The van der Waals surface area contributed by atoms with Crippen molar-refractivity contribution in [2.24, 2.45) is 0 Å². The molecule has 6 nitrogen and oxygen atoms in total. The summed E-state index contributed by atoms with van der Waals surface area (Å²) in [6.07, 6.45) is 0. The highest BCUT2D eigenvalue weighted by atomic mass is 32.2. The van der Waals surface area contributed by atoms with Gasteiger partial charge < -0.3 is 10.4 Å². The maximum atomic E-state index is 12.9. The van der Waals surface area contributed by atoms with Crippen LogP contribution in [0.5, 0.6) is 0 Å². The van der Waals surface area contributed by atoms with E-state index in [1.54, 1.807) is 25.1 Å². The van der Waals surface area contributed by atoms with Gasteiger partial charge in [-0.05, 0) is 59.0 Å². The molecule has 0 bridgehead atoms. The van der Waals surface area contributed by atoms with Crippen molar-refractivity contribution in [2.75, 3.05) is 11.9 Å². The number of thiophene rings is 2. The number of anilines is 1. The molecular formula is C19H20N2O4S3. The van der Waals surface area contributed by atoms with Crippen molar-refractivity contribution in [2.45, 2.75) is 24.3 Å². The van der Waals surface area contributed by atoms with Crippen LogP contribution in [0.1, 0.15) is 22.9 Å². The zero-order valence-corrected chi connectivity index (χ0v) is 17.7. The molecule has 0 fully saturated rings. The van der Waals surface area contributed by atoms with Gasteiger partial charge in [-0.1, -0.05) is 6.07 Å². The Morgan fingerprint density at radius 2 is 2.00 bits per heavy atom. The van der Waals surface area contributed by atoms with Crippen molar-refractivity contribution < 1.29 is 18.3 Å². The number of aryl methyl sites for hydroxylation is 1. The molecule has 28 heavy (non-hydrogen) atoms. The summed E-state index contributed by atoms with van der Waals surface area (Å²) in [7, 11) is -3.87. The number of hydrogen-bond donors (Lipinski definition) is 3. The number of carbonyl (C=O) groups excluding carboxylic acids is 1. The van der Waals surface area contributed by atoms with Gasteiger partial charge in [0.25, 0.3) is 0 Å². The number of benzene rings is 1. The Bertz CT molecular complexity index is 1020. The molecule has 1 unspecified atom stereocenters. The molecule has 3 rings (SSSR count). The Hall–Kier alpha value is -2.04. The third kappa shape index (κ3) is 4.34. The van der Waals surface area contributed by atoms with Gasteiger partial charge in [0.2, 0.25) is 15.9 Å².